The van der Waals surface area contributed by atoms with Crippen molar-refractivity contribution < 1.29 is 17.6 Å². The first-order valence-electron chi connectivity index (χ1n) is 8.48. The van der Waals surface area contributed by atoms with Crippen LogP contribution in [0.1, 0.15) is 11.1 Å². The van der Waals surface area contributed by atoms with Gasteiger partial charge in [0, 0.05) is 16.8 Å². The first kappa shape index (κ1) is 17.4. The van der Waals surface area contributed by atoms with Crippen LogP contribution in [-0.2, 0) is 10.0 Å². The van der Waals surface area contributed by atoms with Gasteiger partial charge in [0.1, 0.15) is 16.9 Å². The molecule has 1 heterocycles. The molecule has 0 aliphatic carbocycles. The van der Waals surface area contributed by atoms with Crippen LogP contribution in [-0.4, -0.2) is 15.5 Å². The molecule has 1 N–H and O–H groups in total. The zero-order valence-corrected chi connectivity index (χ0v) is 16.1. The minimum Gasteiger partial charge on any atom is -0.495 e. The van der Waals surface area contributed by atoms with E-state index in [4.69, 9.17) is 9.15 Å². The Bertz CT molecular complexity index is 1270. The highest BCUT2D eigenvalue weighted by molar-refractivity contribution is 7.92. The molecule has 0 aliphatic heterocycles. The molecular weight excluding hydrogens is 362 g/mol. The van der Waals surface area contributed by atoms with Crippen molar-refractivity contribution in [3.05, 3.63) is 65.7 Å². The molecule has 27 heavy (non-hydrogen) atoms. The third kappa shape index (κ3) is 3.02. The molecule has 4 rings (SSSR count). The average Bonchev–Trinajstić information content (AvgIpc) is 3.00. The summed E-state index contributed by atoms with van der Waals surface area (Å²) < 4.78 is 39.6. The second-order valence-corrected chi connectivity index (χ2v) is 8.18. The average molecular weight is 381 g/mol. The molecule has 0 saturated heterocycles. The van der Waals surface area contributed by atoms with Crippen molar-refractivity contribution in [1.82, 2.24) is 0 Å². The van der Waals surface area contributed by atoms with Gasteiger partial charge in [0.15, 0.2) is 0 Å². The highest BCUT2D eigenvalue weighted by atomic mass is 32.2. The van der Waals surface area contributed by atoms with Crippen LogP contribution in [0.25, 0.3) is 21.9 Å². The molecule has 138 valence electrons. The molecule has 0 amide bonds. The van der Waals surface area contributed by atoms with E-state index >= 15 is 0 Å². The number of benzene rings is 3. The molecular formula is C21H19NO4S. The topological polar surface area (TPSA) is 68.5 Å². The van der Waals surface area contributed by atoms with Crippen LogP contribution in [0.4, 0.5) is 5.69 Å². The second-order valence-electron chi connectivity index (χ2n) is 6.50. The van der Waals surface area contributed by atoms with Crippen LogP contribution in [0.2, 0.25) is 0 Å². The Labute approximate surface area is 157 Å². The van der Waals surface area contributed by atoms with E-state index in [2.05, 4.69) is 4.72 Å². The quantitative estimate of drug-likeness (QED) is 0.539. The van der Waals surface area contributed by atoms with Gasteiger partial charge in [0.2, 0.25) is 0 Å². The molecule has 1 aromatic heterocycles. The number of rotatable bonds is 4. The minimum atomic E-state index is -3.76. The van der Waals surface area contributed by atoms with Crippen LogP contribution in [0.3, 0.4) is 0 Å². The maximum Gasteiger partial charge on any atom is 0.262 e. The summed E-state index contributed by atoms with van der Waals surface area (Å²) >= 11 is 0. The summed E-state index contributed by atoms with van der Waals surface area (Å²) in [6.07, 6.45) is 0. The number of nitrogens with one attached hydrogen (secondary N) is 1. The van der Waals surface area contributed by atoms with Crippen LogP contribution >= 0.6 is 0 Å². The van der Waals surface area contributed by atoms with Crippen LogP contribution in [0, 0.1) is 13.8 Å². The van der Waals surface area contributed by atoms with Crippen molar-refractivity contribution in [3.63, 3.8) is 0 Å². The summed E-state index contributed by atoms with van der Waals surface area (Å²) in [6, 6.07) is 16.2. The molecule has 0 atom stereocenters. The Morgan fingerprint density at radius 2 is 1.67 bits per heavy atom. The minimum absolute atomic E-state index is 0.206. The lowest BCUT2D eigenvalue weighted by Crippen LogP contribution is -2.14. The van der Waals surface area contributed by atoms with Crippen molar-refractivity contribution in [1.29, 1.82) is 0 Å². The van der Waals surface area contributed by atoms with Gasteiger partial charge in [-0.25, -0.2) is 8.42 Å². The smallest absolute Gasteiger partial charge is 0.262 e. The van der Waals surface area contributed by atoms with Gasteiger partial charge in [0.25, 0.3) is 10.0 Å². The van der Waals surface area contributed by atoms with Gasteiger partial charge in [0.05, 0.1) is 17.7 Å². The number of hydrogen-bond donors (Lipinski definition) is 1. The number of para-hydroxylation sites is 1. The third-order valence-electron chi connectivity index (χ3n) is 4.73. The van der Waals surface area contributed by atoms with Crippen molar-refractivity contribution in [2.24, 2.45) is 0 Å². The first-order chi connectivity index (χ1) is 12.9. The summed E-state index contributed by atoms with van der Waals surface area (Å²) in [5, 5.41) is 1.82. The van der Waals surface area contributed by atoms with Crippen molar-refractivity contribution in [3.8, 4) is 5.75 Å². The maximum atomic E-state index is 12.8. The van der Waals surface area contributed by atoms with Gasteiger partial charge in [-0.05, 0) is 49.2 Å². The fourth-order valence-electron chi connectivity index (χ4n) is 3.08. The number of anilines is 1. The molecule has 0 unspecified atom stereocenters. The SMILES string of the molecule is COc1cc2c(cc1NS(=O)(=O)c1ccc(C)c(C)c1)oc1ccccc12. The number of furan rings is 1. The molecule has 5 nitrogen and oxygen atoms in total. The lowest BCUT2D eigenvalue weighted by molar-refractivity contribution is 0.417. The maximum absolute atomic E-state index is 12.8. The number of hydrogen-bond acceptors (Lipinski definition) is 4. The Balaban J connectivity index is 1.82. The van der Waals surface area contributed by atoms with E-state index in [-0.39, 0.29) is 4.90 Å². The predicted octanol–water partition coefficient (Wildman–Crippen LogP) is 5.01. The standard InChI is InChI=1S/C21H19NO4S/c1-13-8-9-15(10-14(13)2)27(23,24)22-18-12-20-17(11-21(18)25-3)16-6-4-5-7-19(16)26-20/h4-12,22H,1-3H3. The van der Waals surface area contributed by atoms with E-state index in [1.54, 1.807) is 30.3 Å². The van der Waals surface area contributed by atoms with E-state index in [0.717, 1.165) is 27.5 Å². The Hall–Kier alpha value is -2.99. The molecule has 0 fully saturated rings. The largest absolute Gasteiger partial charge is 0.495 e. The van der Waals surface area contributed by atoms with E-state index in [9.17, 15) is 8.42 Å². The van der Waals surface area contributed by atoms with Crippen molar-refractivity contribution in [2.75, 3.05) is 11.8 Å². The Kier molecular flexibility index (Phi) is 4.08. The zero-order valence-electron chi connectivity index (χ0n) is 15.2. The fraction of sp³-hybridized carbons (Fsp3) is 0.143. The molecule has 0 radical (unpaired) electrons. The van der Waals surface area contributed by atoms with Gasteiger partial charge in [-0.15, -0.1) is 0 Å². The Morgan fingerprint density at radius 1 is 0.889 bits per heavy atom. The number of sulfonamides is 1. The van der Waals surface area contributed by atoms with E-state index in [0.29, 0.717) is 17.0 Å². The molecule has 3 aromatic carbocycles. The van der Waals surface area contributed by atoms with Crippen LogP contribution in [0.5, 0.6) is 5.75 Å². The van der Waals surface area contributed by atoms with E-state index in [1.807, 2.05) is 38.1 Å². The zero-order chi connectivity index (χ0) is 19.2. The number of ether oxygens (including phenoxy) is 1. The highest BCUT2D eigenvalue weighted by Crippen LogP contribution is 2.37. The molecule has 4 aromatic rings. The normalized spacial score (nSPS) is 11.8. The fourth-order valence-corrected chi connectivity index (χ4v) is 4.23. The van der Waals surface area contributed by atoms with Gasteiger partial charge in [-0.1, -0.05) is 24.3 Å². The van der Waals surface area contributed by atoms with E-state index in [1.165, 1.54) is 7.11 Å². The lowest BCUT2D eigenvalue weighted by Gasteiger charge is -2.13. The summed E-state index contributed by atoms with van der Waals surface area (Å²) in [6.45, 7) is 3.83. The predicted molar refractivity (Wildman–Crippen MR) is 107 cm³/mol. The highest BCUT2D eigenvalue weighted by Gasteiger charge is 2.19. The van der Waals surface area contributed by atoms with Crippen LogP contribution in [0.15, 0.2) is 63.9 Å². The summed E-state index contributed by atoms with van der Waals surface area (Å²) in [5.41, 5.74) is 3.62. The second kappa shape index (κ2) is 6.32. The molecule has 0 aliphatic rings. The summed E-state index contributed by atoms with van der Waals surface area (Å²) in [5.74, 6) is 0.432. The van der Waals surface area contributed by atoms with Gasteiger partial charge >= 0.3 is 0 Å². The molecule has 0 spiro atoms. The number of fused-ring (bicyclic) bond motifs is 3. The molecule has 0 bridgehead atoms. The third-order valence-corrected chi connectivity index (χ3v) is 6.10. The summed E-state index contributed by atoms with van der Waals surface area (Å²) in [4.78, 5) is 0.206. The van der Waals surface area contributed by atoms with Gasteiger partial charge in [-0.3, -0.25) is 4.72 Å². The lowest BCUT2D eigenvalue weighted by atomic mass is 10.1. The summed E-state index contributed by atoms with van der Waals surface area (Å²) in [7, 11) is -2.24. The number of methoxy groups -OCH3 is 1. The van der Waals surface area contributed by atoms with E-state index < -0.39 is 10.0 Å². The molecule has 6 heteroatoms. The van der Waals surface area contributed by atoms with Gasteiger partial charge in [-0.2, -0.15) is 0 Å². The Morgan fingerprint density at radius 3 is 2.41 bits per heavy atom. The van der Waals surface area contributed by atoms with Crippen molar-refractivity contribution >= 4 is 37.6 Å². The number of aryl methyl sites for hydroxylation is 2. The van der Waals surface area contributed by atoms with Gasteiger partial charge < -0.3 is 9.15 Å². The van der Waals surface area contributed by atoms with Crippen LogP contribution < -0.4 is 9.46 Å². The van der Waals surface area contributed by atoms with Crippen molar-refractivity contribution in [2.45, 2.75) is 18.7 Å². The first-order valence-corrected chi connectivity index (χ1v) is 9.97. The molecule has 0 saturated carbocycles. The monoisotopic (exact) mass is 381 g/mol.